The highest BCUT2D eigenvalue weighted by Crippen LogP contribution is 1.94. The zero-order valence-electron chi connectivity index (χ0n) is 8.43. The Morgan fingerprint density at radius 3 is 2.40 bits per heavy atom. The third-order valence-corrected chi connectivity index (χ3v) is 1.39. The molecule has 0 aliphatic carbocycles. The molecular formula is C8H13NO6. The fourth-order valence-corrected chi connectivity index (χ4v) is 0.784. The number of carbonyl (C=O) groups is 2. The Balaban J connectivity index is 3.27. The van der Waals surface area contributed by atoms with Crippen LogP contribution in [0.3, 0.4) is 0 Å². The van der Waals surface area contributed by atoms with Crippen LogP contribution in [0.2, 0.25) is 0 Å². The lowest BCUT2D eigenvalue weighted by atomic mass is 10.3. The van der Waals surface area contributed by atoms with Gasteiger partial charge in [0.2, 0.25) is 0 Å². The minimum absolute atomic E-state index is 0.0166. The Morgan fingerprint density at radius 2 is 1.87 bits per heavy atom. The molecule has 0 N–H and O–H groups in total. The monoisotopic (exact) mass is 219 g/mol. The van der Waals surface area contributed by atoms with Gasteiger partial charge in [0.05, 0.1) is 13.2 Å². The van der Waals surface area contributed by atoms with Gasteiger partial charge in [-0.2, -0.15) is 0 Å². The van der Waals surface area contributed by atoms with Crippen LogP contribution >= 0.6 is 0 Å². The molecule has 0 bridgehead atoms. The molecule has 0 amide bonds. The number of carbonyl (C=O) groups excluding carboxylic acids is 2. The first-order valence-electron chi connectivity index (χ1n) is 4.44. The van der Waals surface area contributed by atoms with Crippen molar-refractivity contribution in [1.29, 1.82) is 0 Å². The SMILES string of the molecule is CC(=O)CC(=O)OCCCCO[N+](=O)[O-]. The van der Waals surface area contributed by atoms with E-state index in [-0.39, 0.29) is 25.4 Å². The highest BCUT2D eigenvalue weighted by Gasteiger charge is 2.05. The van der Waals surface area contributed by atoms with Crippen LogP contribution in [-0.4, -0.2) is 30.1 Å². The molecule has 86 valence electrons. The molecule has 0 aliphatic heterocycles. The zero-order valence-corrected chi connectivity index (χ0v) is 8.43. The van der Waals surface area contributed by atoms with Crippen molar-refractivity contribution < 1.29 is 24.3 Å². The summed E-state index contributed by atoms with van der Waals surface area (Å²) in [4.78, 5) is 35.0. The third kappa shape index (κ3) is 10.3. The molecule has 7 heteroatoms. The normalized spacial score (nSPS) is 9.40. The Morgan fingerprint density at radius 1 is 1.27 bits per heavy atom. The molecule has 0 unspecified atom stereocenters. The van der Waals surface area contributed by atoms with E-state index in [0.29, 0.717) is 12.8 Å². The summed E-state index contributed by atoms with van der Waals surface area (Å²) in [5.74, 6) is -0.825. The lowest BCUT2D eigenvalue weighted by molar-refractivity contribution is -0.757. The molecule has 0 aromatic heterocycles. The van der Waals surface area contributed by atoms with Gasteiger partial charge in [-0.3, -0.25) is 9.59 Å². The molecule has 0 atom stereocenters. The van der Waals surface area contributed by atoms with Crippen LogP contribution in [0.25, 0.3) is 0 Å². The number of rotatable bonds is 8. The van der Waals surface area contributed by atoms with Crippen molar-refractivity contribution in [1.82, 2.24) is 0 Å². The van der Waals surface area contributed by atoms with Gasteiger partial charge in [0.15, 0.2) is 0 Å². The average Bonchev–Trinajstić information content (AvgIpc) is 2.09. The first-order chi connectivity index (χ1) is 7.02. The molecule has 7 nitrogen and oxygen atoms in total. The molecule has 0 aromatic carbocycles. The number of nitrogens with zero attached hydrogens (tertiary/aromatic N) is 1. The first-order valence-corrected chi connectivity index (χ1v) is 4.44. The summed E-state index contributed by atoms with van der Waals surface area (Å²) in [5.41, 5.74) is 0. The topological polar surface area (TPSA) is 95.7 Å². The predicted molar refractivity (Wildman–Crippen MR) is 48.4 cm³/mol. The molecule has 15 heavy (non-hydrogen) atoms. The van der Waals surface area contributed by atoms with Crippen LogP contribution in [-0.2, 0) is 19.2 Å². The van der Waals surface area contributed by atoms with Crippen molar-refractivity contribution in [2.45, 2.75) is 26.2 Å². The number of hydrogen-bond donors (Lipinski definition) is 0. The van der Waals surface area contributed by atoms with Gasteiger partial charge in [-0.15, -0.1) is 10.1 Å². The van der Waals surface area contributed by atoms with Crippen LogP contribution in [0, 0.1) is 10.1 Å². The largest absolute Gasteiger partial charge is 0.465 e. The maximum Gasteiger partial charge on any atom is 0.313 e. The maximum absolute atomic E-state index is 10.8. The second-order valence-corrected chi connectivity index (χ2v) is 2.86. The predicted octanol–water partition coefficient (Wildman–Crippen LogP) is 0.497. The van der Waals surface area contributed by atoms with Crippen molar-refractivity contribution in [3.05, 3.63) is 10.1 Å². The minimum atomic E-state index is -0.873. The first kappa shape index (κ1) is 13.3. The number of hydrogen-bond acceptors (Lipinski definition) is 6. The summed E-state index contributed by atoms with van der Waals surface area (Å²) in [6.07, 6.45) is 0.664. The van der Waals surface area contributed by atoms with E-state index in [1.54, 1.807) is 0 Å². The molecule has 0 heterocycles. The second-order valence-electron chi connectivity index (χ2n) is 2.86. The number of ether oxygens (including phenoxy) is 1. The zero-order chi connectivity index (χ0) is 11.7. The van der Waals surface area contributed by atoms with Gasteiger partial charge in [0.1, 0.15) is 12.2 Å². The quantitative estimate of drug-likeness (QED) is 0.194. The van der Waals surface area contributed by atoms with Gasteiger partial charge in [-0.05, 0) is 19.8 Å². The average molecular weight is 219 g/mol. The van der Waals surface area contributed by atoms with Crippen molar-refractivity contribution in [3.8, 4) is 0 Å². The Labute approximate surface area is 86.5 Å². The van der Waals surface area contributed by atoms with E-state index in [2.05, 4.69) is 9.57 Å². The van der Waals surface area contributed by atoms with Crippen molar-refractivity contribution in [2.75, 3.05) is 13.2 Å². The number of esters is 1. The smallest absolute Gasteiger partial charge is 0.313 e. The molecule has 0 saturated carbocycles. The van der Waals surface area contributed by atoms with E-state index < -0.39 is 11.1 Å². The van der Waals surface area contributed by atoms with Gasteiger partial charge in [0.25, 0.3) is 5.09 Å². The van der Waals surface area contributed by atoms with Crippen molar-refractivity contribution >= 4 is 11.8 Å². The molecule has 0 aromatic rings. The molecule has 0 rings (SSSR count). The molecular weight excluding hydrogens is 206 g/mol. The molecule has 0 fully saturated rings. The van der Waals surface area contributed by atoms with E-state index in [9.17, 15) is 19.7 Å². The number of ketones is 1. The van der Waals surface area contributed by atoms with Gasteiger partial charge < -0.3 is 9.57 Å². The summed E-state index contributed by atoms with van der Waals surface area (Å²) in [6.45, 7) is 1.43. The number of Topliss-reactive ketones (excluding diaryl/α,β-unsaturated/α-hetero) is 1. The summed E-state index contributed by atoms with van der Waals surface area (Å²) < 4.78 is 4.67. The van der Waals surface area contributed by atoms with E-state index in [1.807, 2.05) is 0 Å². The summed E-state index contributed by atoms with van der Waals surface area (Å²) in [5, 5.41) is 8.85. The van der Waals surface area contributed by atoms with Crippen LogP contribution < -0.4 is 0 Å². The Kier molecular flexibility index (Phi) is 6.86. The van der Waals surface area contributed by atoms with Crippen molar-refractivity contribution in [3.63, 3.8) is 0 Å². The molecule has 0 radical (unpaired) electrons. The maximum atomic E-state index is 10.8. The molecule has 0 saturated heterocycles. The Hall–Kier alpha value is -1.66. The van der Waals surface area contributed by atoms with E-state index >= 15 is 0 Å². The highest BCUT2D eigenvalue weighted by atomic mass is 16.9. The fourth-order valence-electron chi connectivity index (χ4n) is 0.784. The van der Waals surface area contributed by atoms with Gasteiger partial charge in [-0.1, -0.05) is 0 Å². The molecule has 0 aliphatic rings. The highest BCUT2D eigenvalue weighted by molar-refractivity contribution is 5.94. The van der Waals surface area contributed by atoms with Crippen LogP contribution in [0.1, 0.15) is 26.2 Å². The van der Waals surface area contributed by atoms with E-state index in [0.717, 1.165) is 0 Å². The van der Waals surface area contributed by atoms with Gasteiger partial charge in [-0.25, -0.2) is 0 Å². The van der Waals surface area contributed by atoms with Crippen LogP contribution in [0.5, 0.6) is 0 Å². The second kappa shape index (κ2) is 7.72. The van der Waals surface area contributed by atoms with Crippen LogP contribution in [0.4, 0.5) is 0 Å². The molecule has 0 spiro atoms. The summed E-state index contributed by atoms with van der Waals surface area (Å²) >= 11 is 0. The summed E-state index contributed by atoms with van der Waals surface area (Å²) in [6, 6.07) is 0. The van der Waals surface area contributed by atoms with Crippen molar-refractivity contribution in [2.24, 2.45) is 0 Å². The van der Waals surface area contributed by atoms with Gasteiger partial charge in [0, 0.05) is 0 Å². The third-order valence-electron chi connectivity index (χ3n) is 1.39. The number of unbranched alkanes of at least 4 members (excludes halogenated alkanes) is 1. The Bertz CT molecular complexity index is 239. The lowest BCUT2D eigenvalue weighted by Gasteiger charge is -2.02. The fraction of sp³-hybridized carbons (Fsp3) is 0.750. The lowest BCUT2D eigenvalue weighted by Crippen LogP contribution is -2.10. The summed E-state index contributed by atoms with van der Waals surface area (Å²) in [7, 11) is 0. The standard InChI is InChI=1S/C8H13NO6/c1-7(10)6-8(11)14-4-2-3-5-15-9(12)13/h2-6H2,1H3. The van der Waals surface area contributed by atoms with E-state index in [1.165, 1.54) is 6.92 Å². The van der Waals surface area contributed by atoms with E-state index in [4.69, 9.17) is 0 Å². The van der Waals surface area contributed by atoms with Gasteiger partial charge >= 0.3 is 5.97 Å². The minimum Gasteiger partial charge on any atom is -0.465 e. The van der Waals surface area contributed by atoms with Crippen LogP contribution in [0.15, 0.2) is 0 Å².